The third kappa shape index (κ3) is 2.31. The van der Waals surface area contributed by atoms with Gasteiger partial charge < -0.3 is 9.88 Å². The first-order valence-corrected chi connectivity index (χ1v) is 6.41. The van der Waals surface area contributed by atoms with Gasteiger partial charge >= 0.3 is 0 Å². The molecule has 0 saturated carbocycles. The van der Waals surface area contributed by atoms with Crippen molar-refractivity contribution >= 4 is 0 Å². The Labute approximate surface area is 108 Å². The van der Waals surface area contributed by atoms with Gasteiger partial charge in [0.2, 0.25) is 0 Å². The van der Waals surface area contributed by atoms with Crippen molar-refractivity contribution in [1.29, 1.82) is 0 Å². The van der Waals surface area contributed by atoms with Crippen molar-refractivity contribution in [2.45, 2.75) is 33.4 Å². The van der Waals surface area contributed by atoms with Crippen LogP contribution < -0.4 is 5.32 Å². The van der Waals surface area contributed by atoms with E-state index >= 15 is 0 Å². The van der Waals surface area contributed by atoms with Gasteiger partial charge in [0.1, 0.15) is 5.82 Å². The summed E-state index contributed by atoms with van der Waals surface area (Å²) >= 11 is 0. The lowest BCUT2D eigenvalue weighted by atomic mass is 10.1. The maximum Gasteiger partial charge on any atom is 0.130 e. The van der Waals surface area contributed by atoms with Gasteiger partial charge in [-0.25, -0.2) is 4.98 Å². The van der Waals surface area contributed by atoms with Gasteiger partial charge in [-0.15, -0.1) is 0 Å². The summed E-state index contributed by atoms with van der Waals surface area (Å²) in [5.41, 5.74) is 2.24. The molecule has 0 aliphatic heterocycles. The summed E-state index contributed by atoms with van der Waals surface area (Å²) in [6.45, 7) is 8.10. The lowest BCUT2D eigenvalue weighted by molar-refractivity contribution is 0.557. The third-order valence-electron chi connectivity index (χ3n) is 3.12. The summed E-state index contributed by atoms with van der Waals surface area (Å²) in [5, 5.41) is 7.91. The molecule has 0 aromatic carbocycles. The van der Waals surface area contributed by atoms with Crippen LogP contribution in [0.1, 0.15) is 37.0 Å². The van der Waals surface area contributed by atoms with E-state index in [1.165, 1.54) is 5.56 Å². The molecule has 0 amide bonds. The average Bonchev–Trinajstić information content (AvgIpc) is 2.92. The predicted molar refractivity (Wildman–Crippen MR) is 71.4 cm³/mol. The van der Waals surface area contributed by atoms with E-state index in [2.05, 4.69) is 40.0 Å². The van der Waals surface area contributed by atoms with Gasteiger partial charge in [0.05, 0.1) is 11.7 Å². The lowest BCUT2D eigenvalue weighted by Crippen LogP contribution is -2.25. The first-order valence-electron chi connectivity index (χ1n) is 6.41. The van der Waals surface area contributed by atoms with Crippen molar-refractivity contribution in [1.82, 2.24) is 24.6 Å². The topological polar surface area (TPSA) is 47.7 Å². The van der Waals surface area contributed by atoms with E-state index in [0.29, 0.717) is 0 Å². The van der Waals surface area contributed by atoms with Gasteiger partial charge in [-0.1, -0.05) is 6.92 Å². The summed E-state index contributed by atoms with van der Waals surface area (Å²) in [5.74, 6) is 1.05. The van der Waals surface area contributed by atoms with Crippen molar-refractivity contribution in [3.8, 4) is 0 Å². The highest BCUT2D eigenvalue weighted by Crippen LogP contribution is 2.23. The molecule has 0 bridgehead atoms. The lowest BCUT2D eigenvalue weighted by Gasteiger charge is -2.18. The zero-order valence-electron chi connectivity index (χ0n) is 11.5. The molecule has 0 spiro atoms. The molecular formula is C13H21N5. The molecule has 2 aromatic rings. The minimum Gasteiger partial charge on any atom is -0.334 e. The normalized spacial score (nSPS) is 12.9. The highest BCUT2D eigenvalue weighted by molar-refractivity contribution is 5.26. The Morgan fingerprint density at radius 3 is 2.72 bits per heavy atom. The van der Waals surface area contributed by atoms with E-state index in [0.717, 1.165) is 24.6 Å². The van der Waals surface area contributed by atoms with Crippen LogP contribution in [0.5, 0.6) is 0 Å². The van der Waals surface area contributed by atoms with Crippen molar-refractivity contribution < 1.29 is 0 Å². The monoisotopic (exact) mass is 247 g/mol. The molecule has 5 nitrogen and oxygen atoms in total. The summed E-state index contributed by atoms with van der Waals surface area (Å²) in [6.07, 6.45) is 5.94. The molecule has 2 aromatic heterocycles. The summed E-state index contributed by atoms with van der Waals surface area (Å²) in [4.78, 5) is 4.50. The zero-order chi connectivity index (χ0) is 13.1. The Bertz CT molecular complexity index is 511. The quantitative estimate of drug-likeness (QED) is 0.874. The maximum atomic E-state index is 4.50. The van der Waals surface area contributed by atoms with Crippen LogP contribution in [0.15, 0.2) is 18.6 Å². The molecule has 1 atom stereocenters. The number of hydrogen-bond donors (Lipinski definition) is 1. The largest absolute Gasteiger partial charge is 0.334 e. The van der Waals surface area contributed by atoms with Crippen LogP contribution in [0, 0.1) is 6.92 Å². The Hall–Kier alpha value is -1.62. The van der Waals surface area contributed by atoms with Crippen LogP contribution in [0.2, 0.25) is 0 Å². The highest BCUT2D eigenvalue weighted by Gasteiger charge is 2.21. The molecule has 0 radical (unpaired) electrons. The fourth-order valence-electron chi connectivity index (χ4n) is 2.29. The molecule has 2 rings (SSSR count). The van der Waals surface area contributed by atoms with Crippen LogP contribution in [-0.4, -0.2) is 25.9 Å². The Balaban J connectivity index is 2.42. The molecule has 1 N–H and O–H groups in total. The summed E-state index contributed by atoms with van der Waals surface area (Å²) in [7, 11) is 1.95. The van der Waals surface area contributed by atoms with Gasteiger partial charge in [-0.2, -0.15) is 5.10 Å². The van der Waals surface area contributed by atoms with Gasteiger partial charge in [-0.3, -0.25) is 4.68 Å². The fourth-order valence-corrected chi connectivity index (χ4v) is 2.29. The zero-order valence-corrected chi connectivity index (χ0v) is 11.5. The molecule has 2 heterocycles. The number of aromatic nitrogens is 4. The SMILES string of the molecule is CCNC(c1cn(C)nc1C)c1nccn1CC. The van der Waals surface area contributed by atoms with Crippen LogP contribution in [-0.2, 0) is 13.6 Å². The van der Waals surface area contributed by atoms with Gasteiger partial charge in [0, 0.05) is 37.7 Å². The molecule has 0 aliphatic rings. The molecule has 0 fully saturated rings. The van der Waals surface area contributed by atoms with E-state index in [-0.39, 0.29) is 6.04 Å². The number of nitrogens with zero attached hydrogens (tertiary/aromatic N) is 4. The number of nitrogens with one attached hydrogen (secondary N) is 1. The van der Waals surface area contributed by atoms with Gasteiger partial charge in [-0.05, 0) is 20.4 Å². The number of hydrogen-bond acceptors (Lipinski definition) is 3. The third-order valence-corrected chi connectivity index (χ3v) is 3.12. The Morgan fingerprint density at radius 2 is 2.17 bits per heavy atom. The van der Waals surface area contributed by atoms with Crippen LogP contribution in [0.25, 0.3) is 0 Å². The second kappa shape index (κ2) is 5.35. The maximum absolute atomic E-state index is 4.50. The van der Waals surface area contributed by atoms with Crippen LogP contribution >= 0.6 is 0 Å². The smallest absolute Gasteiger partial charge is 0.130 e. The standard InChI is InChI=1S/C13H21N5/c1-5-14-12(11-9-17(4)16-10(11)3)13-15-7-8-18(13)6-2/h7-9,12,14H,5-6H2,1-4H3. The molecule has 98 valence electrons. The molecule has 0 aliphatic carbocycles. The fraction of sp³-hybridized carbons (Fsp3) is 0.538. The van der Waals surface area contributed by atoms with Crippen molar-refractivity contribution in [3.05, 3.63) is 35.7 Å². The second-order valence-corrected chi connectivity index (χ2v) is 4.41. The Kier molecular flexibility index (Phi) is 3.81. The second-order valence-electron chi connectivity index (χ2n) is 4.41. The molecule has 18 heavy (non-hydrogen) atoms. The van der Waals surface area contributed by atoms with Crippen LogP contribution in [0.4, 0.5) is 0 Å². The minimum atomic E-state index is 0.110. The first-order chi connectivity index (χ1) is 8.67. The van der Waals surface area contributed by atoms with Crippen molar-refractivity contribution in [2.75, 3.05) is 6.54 Å². The van der Waals surface area contributed by atoms with E-state index < -0.39 is 0 Å². The average molecular weight is 247 g/mol. The molecule has 1 unspecified atom stereocenters. The van der Waals surface area contributed by atoms with Gasteiger partial charge in [0.25, 0.3) is 0 Å². The van der Waals surface area contributed by atoms with E-state index in [1.54, 1.807) is 0 Å². The number of imidazole rings is 1. The molecular weight excluding hydrogens is 226 g/mol. The minimum absolute atomic E-state index is 0.110. The highest BCUT2D eigenvalue weighted by atomic mass is 15.3. The van der Waals surface area contributed by atoms with E-state index in [9.17, 15) is 0 Å². The van der Waals surface area contributed by atoms with Crippen molar-refractivity contribution in [2.24, 2.45) is 7.05 Å². The molecule has 0 saturated heterocycles. The van der Waals surface area contributed by atoms with Crippen LogP contribution in [0.3, 0.4) is 0 Å². The predicted octanol–water partition coefficient (Wildman–Crippen LogP) is 1.64. The first kappa shape index (κ1) is 12.8. The Morgan fingerprint density at radius 1 is 1.39 bits per heavy atom. The number of aryl methyl sites for hydroxylation is 3. The number of rotatable bonds is 5. The molecule has 5 heteroatoms. The van der Waals surface area contributed by atoms with Crippen molar-refractivity contribution in [3.63, 3.8) is 0 Å². The summed E-state index contributed by atoms with van der Waals surface area (Å²) < 4.78 is 4.02. The summed E-state index contributed by atoms with van der Waals surface area (Å²) in [6, 6.07) is 0.110. The van der Waals surface area contributed by atoms with E-state index in [1.807, 2.05) is 31.0 Å². The van der Waals surface area contributed by atoms with E-state index in [4.69, 9.17) is 0 Å². The van der Waals surface area contributed by atoms with Gasteiger partial charge in [0.15, 0.2) is 0 Å².